The van der Waals surface area contributed by atoms with Crippen molar-refractivity contribution in [2.75, 3.05) is 6.54 Å². The molecule has 0 saturated heterocycles. The first-order valence-corrected chi connectivity index (χ1v) is 8.88. The monoisotopic (exact) mass is 333 g/mol. The molecule has 1 N–H and O–H groups in total. The average molecular weight is 334 g/mol. The zero-order chi connectivity index (χ0) is 14.5. The van der Waals surface area contributed by atoms with Gasteiger partial charge in [-0.2, -0.15) is 0 Å². The zero-order valence-electron chi connectivity index (χ0n) is 13.0. The van der Waals surface area contributed by atoms with Crippen LogP contribution in [0.4, 0.5) is 0 Å². The summed E-state index contributed by atoms with van der Waals surface area (Å²) in [5.41, 5.74) is 0. The Labute approximate surface area is 128 Å². The van der Waals surface area contributed by atoms with Crippen molar-refractivity contribution >= 4 is 21.8 Å². The standard InChI is InChI=1S/C16H32BrNO/c1-4-5-6-7-8-9-10-11-16(19)18-13-15(17)12-14(2)3/h14-15H,4-13H2,1-3H3,(H,18,19). The summed E-state index contributed by atoms with van der Waals surface area (Å²) in [5, 5.41) is 3.01. The van der Waals surface area contributed by atoms with Crippen molar-refractivity contribution in [1.29, 1.82) is 0 Å². The van der Waals surface area contributed by atoms with E-state index < -0.39 is 0 Å². The number of unbranched alkanes of at least 4 members (excludes halogenated alkanes) is 6. The van der Waals surface area contributed by atoms with Crippen LogP contribution in [0, 0.1) is 5.92 Å². The molecule has 2 nitrogen and oxygen atoms in total. The number of hydrogen-bond acceptors (Lipinski definition) is 1. The highest BCUT2D eigenvalue weighted by atomic mass is 79.9. The molecule has 0 bridgehead atoms. The Kier molecular flexibility index (Phi) is 12.9. The SMILES string of the molecule is CCCCCCCCCC(=O)NCC(Br)CC(C)C. The first kappa shape index (κ1) is 18.9. The number of halogens is 1. The molecule has 0 aromatic heterocycles. The topological polar surface area (TPSA) is 29.1 Å². The molecule has 0 radical (unpaired) electrons. The van der Waals surface area contributed by atoms with Gasteiger partial charge in [-0.1, -0.05) is 75.2 Å². The summed E-state index contributed by atoms with van der Waals surface area (Å²) in [5.74, 6) is 0.881. The molecule has 0 aliphatic rings. The van der Waals surface area contributed by atoms with Gasteiger partial charge in [0.05, 0.1) is 0 Å². The van der Waals surface area contributed by atoms with Gasteiger partial charge in [-0.3, -0.25) is 4.79 Å². The molecular formula is C16H32BrNO. The second-order valence-electron chi connectivity index (χ2n) is 5.90. The summed E-state index contributed by atoms with van der Waals surface area (Å²) in [6.07, 6.45) is 10.6. The highest BCUT2D eigenvalue weighted by Crippen LogP contribution is 2.12. The van der Waals surface area contributed by atoms with Crippen molar-refractivity contribution in [2.45, 2.75) is 83.4 Å². The van der Waals surface area contributed by atoms with E-state index in [-0.39, 0.29) is 5.91 Å². The maximum absolute atomic E-state index is 11.6. The largest absolute Gasteiger partial charge is 0.355 e. The van der Waals surface area contributed by atoms with Crippen LogP contribution in [0.1, 0.15) is 78.6 Å². The predicted molar refractivity (Wildman–Crippen MR) is 87.8 cm³/mol. The van der Waals surface area contributed by atoms with Gasteiger partial charge in [0.1, 0.15) is 0 Å². The average Bonchev–Trinajstić information content (AvgIpc) is 2.34. The van der Waals surface area contributed by atoms with Crippen LogP contribution in [0.3, 0.4) is 0 Å². The maximum Gasteiger partial charge on any atom is 0.220 e. The van der Waals surface area contributed by atoms with E-state index in [9.17, 15) is 4.79 Å². The molecule has 0 rings (SSSR count). The number of carbonyl (C=O) groups excluding carboxylic acids is 1. The van der Waals surface area contributed by atoms with Gasteiger partial charge in [0.2, 0.25) is 5.91 Å². The van der Waals surface area contributed by atoms with Gasteiger partial charge < -0.3 is 5.32 Å². The van der Waals surface area contributed by atoms with Crippen molar-refractivity contribution in [3.8, 4) is 0 Å². The van der Waals surface area contributed by atoms with Crippen LogP contribution in [-0.2, 0) is 4.79 Å². The highest BCUT2D eigenvalue weighted by Gasteiger charge is 2.08. The van der Waals surface area contributed by atoms with Crippen LogP contribution in [0.15, 0.2) is 0 Å². The Bertz CT molecular complexity index is 219. The fraction of sp³-hybridized carbons (Fsp3) is 0.938. The molecule has 0 aromatic carbocycles. The fourth-order valence-electron chi connectivity index (χ4n) is 2.15. The molecule has 0 saturated carbocycles. The summed E-state index contributed by atoms with van der Waals surface area (Å²) in [6.45, 7) is 7.40. The van der Waals surface area contributed by atoms with E-state index in [0.29, 0.717) is 17.2 Å². The van der Waals surface area contributed by atoms with Gasteiger partial charge >= 0.3 is 0 Å². The molecule has 0 aliphatic heterocycles. The molecule has 1 amide bonds. The third-order valence-corrected chi connectivity index (χ3v) is 3.95. The molecule has 3 heteroatoms. The Balaban J connectivity index is 3.34. The van der Waals surface area contributed by atoms with E-state index in [2.05, 4.69) is 42.0 Å². The first-order chi connectivity index (χ1) is 9.06. The first-order valence-electron chi connectivity index (χ1n) is 7.97. The van der Waals surface area contributed by atoms with Crippen molar-refractivity contribution in [2.24, 2.45) is 5.92 Å². The number of amides is 1. The van der Waals surface area contributed by atoms with Gasteiger partial charge in [-0.15, -0.1) is 0 Å². The summed E-state index contributed by atoms with van der Waals surface area (Å²) < 4.78 is 0. The summed E-state index contributed by atoms with van der Waals surface area (Å²) in [4.78, 5) is 12.0. The van der Waals surface area contributed by atoms with Crippen LogP contribution in [0.5, 0.6) is 0 Å². The van der Waals surface area contributed by atoms with E-state index in [4.69, 9.17) is 0 Å². The zero-order valence-corrected chi connectivity index (χ0v) is 14.6. The van der Waals surface area contributed by atoms with Crippen molar-refractivity contribution in [3.05, 3.63) is 0 Å². The number of hydrogen-bond donors (Lipinski definition) is 1. The molecule has 1 atom stereocenters. The second kappa shape index (κ2) is 13.0. The molecule has 0 aliphatic carbocycles. The lowest BCUT2D eigenvalue weighted by molar-refractivity contribution is -0.121. The molecular weight excluding hydrogens is 302 g/mol. The Morgan fingerprint density at radius 1 is 1.05 bits per heavy atom. The van der Waals surface area contributed by atoms with Crippen LogP contribution in [0.2, 0.25) is 0 Å². The fourth-order valence-corrected chi connectivity index (χ4v) is 3.06. The minimum Gasteiger partial charge on any atom is -0.355 e. The van der Waals surface area contributed by atoms with Crippen molar-refractivity contribution < 1.29 is 4.79 Å². The molecule has 0 spiro atoms. The lowest BCUT2D eigenvalue weighted by Gasteiger charge is -2.13. The van der Waals surface area contributed by atoms with Gasteiger partial charge in [0.25, 0.3) is 0 Å². The lowest BCUT2D eigenvalue weighted by atomic mass is 10.1. The molecule has 0 heterocycles. The third kappa shape index (κ3) is 14.2. The molecule has 114 valence electrons. The van der Waals surface area contributed by atoms with Crippen LogP contribution < -0.4 is 5.32 Å². The molecule has 19 heavy (non-hydrogen) atoms. The Morgan fingerprint density at radius 3 is 2.21 bits per heavy atom. The van der Waals surface area contributed by atoms with Crippen LogP contribution in [0.25, 0.3) is 0 Å². The van der Waals surface area contributed by atoms with Crippen molar-refractivity contribution in [1.82, 2.24) is 5.32 Å². The highest BCUT2D eigenvalue weighted by molar-refractivity contribution is 9.09. The van der Waals surface area contributed by atoms with Gasteiger partial charge in [-0.25, -0.2) is 0 Å². The van der Waals surface area contributed by atoms with E-state index in [0.717, 1.165) is 19.4 Å². The molecule has 0 aromatic rings. The van der Waals surface area contributed by atoms with Gasteiger partial charge in [0.15, 0.2) is 0 Å². The van der Waals surface area contributed by atoms with E-state index in [1.165, 1.54) is 38.5 Å². The minimum absolute atomic E-state index is 0.210. The third-order valence-electron chi connectivity index (χ3n) is 3.26. The summed E-state index contributed by atoms with van der Waals surface area (Å²) >= 11 is 3.61. The number of nitrogens with one attached hydrogen (secondary N) is 1. The lowest BCUT2D eigenvalue weighted by Crippen LogP contribution is -2.29. The Hall–Kier alpha value is -0.0500. The number of carbonyl (C=O) groups is 1. The van der Waals surface area contributed by atoms with Gasteiger partial charge in [-0.05, 0) is 18.8 Å². The number of alkyl halides is 1. The van der Waals surface area contributed by atoms with Crippen molar-refractivity contribution in [3.63, 3.8) is 0 Å². The Morgan fingerprint density at radius 2 is 1.63 bits per heavy atom. The summed E-state index contributed by atoms with van der Waals surface area (Å²) in [6, 6.07) is 0. The van der Waals surface area contributed by atoms with E-state index >= 15 is 0 Å². The molecule has 1 unspecified atom stereocenters. The van der Waals surface area contributed by atoms with Crippen LogP contribution in [-0.4, -0.2) is 17.3 Å². The number of rotatable bonds is 12. The molecule has 0 fully saturated rings. The predicted octanol–water partition coefficient (Wildman–Crippen LogP) is 5.05. The normalized spacial score (nSPS) is 12.7. The van der Waals surface area contributed by atoms with E-state index in [1.807, 2.05) is 0 Å². The smallest absolute Gasteiger partial charge is 0.220 e. The summed E-state index contributed by atoms with van der Waals surface area (Å²) in [7, 11) is 0. The minimum atomic E-state index is 0.210. The van der Waals surface area contributed by atoms with E-state index in [1.54, 1.807) is 0 Å². The quantitative estimate of drug-likeness (QED) is 0.392. The second-order valence-corrected chi connectivity index (χ2v) is 7.20. The van der Waals surface area contributed by atoms with Gasteiger partial charge in [0, 0.05) is 17.8 Å². The maximum atomic E-state index is 11.6. The van der Waals surface area contributed by atoms with Crippen LogP contribution >= 0.6 is 15.9 Å².